The molecule has 0 aliphatic rings. The molecule has 2 heterocycles. The lowest BCUT2D eigenvalue weighted by atomic mass is 10.0. The average molecular weight is 405 g/mol. The van der Waals surface area contributed by atoms with Gasteiger partial charge in [-0.05, 0) is 27.7 Å². The minimum atomic E-state index is 0.0242. The fraction of sp³-hybridized carbons (Fsp3) is 0.174. The second-order valence-corrected chi connectivity index (χ2v) is 9.21. The third kappa shape index (κ3) is 3.55. The highest BCUT2D eigenvalue weighted by Crippen LogP contribution is 2.29. The summed E-state index contributed by atoms with van der Waals surface area (Å²) in [5.74, 6) is 0.0242. The van der Waals surface area contributed by atoms with Crippen LogP contribution in [0.1, 0.15) is 37.1 Å². The summed E-state index contributed by atoms with van der Waals surface area (Å²) in [6.45, 7) is 8.19. The Bertz CT molecular complexity index is 1020. The number of benzene rings is 2. The second-order valence-electron chi connectivity index (χ2n) is 6.81. The molecule has 0 saturated heterocycles. The SMILES string of the molecule is Cc1nc(-c2ccc(C(=O)c3ccc(-c4nc(C)c(C)s4)cc3)cc2)sc1C. The first-order valence-corrected chi connectivity index (χ1v) is 10.7. The molecule has 0 aliphatic heterocycles. The Morgan fingerprint density at radius 3 is 1.29 bits per heavy atom. The molecule has 0 amide bonds. The molecular weight excluding hydrogens is 384 g/mol. The zero-order valence-corrected chi connectivity index (χ0v) is 17.9. The Balaban J connectivity index is 1.55. The van der Waals surface area contributed by atoms with Crippen molar-refractivity contribution in [2.75, 3.05) is 0 Å². The van der Waals surface area contributed by atoms with E-state index in [0.717, 1.165) is 32.5 Å². The van der Waals surface area contributed by atoms with Crippen molar-refractivity contribution in [3.05, 3.63) is 80.8 Å². The monoisotopic (exact) mass is 404 g/mol. The highest BCUT2D eigenvalue weighted by Gasteiger charge is 2.12. The van der Waals surface area contributed by atoms with E-state index in [4.69, 9.17) is 0 Å². The van der Waals surface area contributed by atoms with Gasteiger partial charge in [0.15, 0.2) is 5.78 Å². The molecule has 140 valence electrons. The summed E-state index contributed by atoms with van der Waals surface area (Å²) in [5.41, 5.74) is 5.58. The highest BCUT2D eigenvalue weighted by atomic mass is 32.1. The lowest BCUT2D eigenvalue weighted by Crippen LogP contribution is -2.00. The molecule has 0 unspecified atom stereocenters. The molecule has 0 N–H and O–H groups in total. The van der Waals surface area contributed by atoms with Gasteiger partial charge in [0, 0.05) is 32.0 Å². The predicted octanol–water partition coefficient (Wildman–Crippen LogP) is 6.40. The molecule has 3 nitrogen and oxygen atoms in total. The topological polar surface area (TPSA) is 42.9 Å². The first-order valence-electron chi connectivity index (χ1n) is 9.06. The van der Waals surface area contributed by atoms with Gasteiger partial charge in [0.25, 0.3) is 0 Å². The fourth-order valence-corrected chi connectivity index (χ4v) is 4.73. The second kappa shape index (κ2) is 7.41. The molecule has 2 aromatic carbocycles. The molecule has 2 aromatic heterocycles. The molecule has 0 fully saturated rings. The van der Waals surface area contributed by atoms with Gasteiger partial charge in [0.1, 0.15) is 10.0 Å². The van der Waals surface area contributed by atoms with Gasteiger partial charge in [-0.15, -0.1) is 22.7 Å². The van der Waals surface area contributed by atoms with Crippen LogP contribution in [0, 0.1) is 27.7 Å². The number of carbonyl (C=O) groups excluding carboxylic acids is 1. The summed E-state index contributed by atoms with van der Waals surface area (Å²) >= 11 is 3.36. The van der Waals surface area contributed by atoms with Crippen molar-refractivity contribution in [1.29, 1.82) is 0 Å². The van der Waals surface area contributed by atoms with Crippen molar-refractivity contribution in [3.8, 4) is 21.1 Å². The average Bonchev–Trinajstić information content (AvgIpc) is 3.23. The minimum Gasteiger partial charge on any atom is -0.289 e. The van der Waals surface area contributed by atoms with Gasteiger partial charge in [-0.2, -0.15) is 0 Å². The Kier molecular flexibility index (Phi) is 4.96. The number of thiazole rings is 2. The molecule has 0 spiro atoms. The molecule has 0 aliphatic carbocycles. The van der Waals surface area contributed by atoms with Crippen molar-refractivity contribution >= 4 is 28.5 Å². The Hall–Kier alpha value is -2.63. The Labute approximate surface area is 172 Å². The maximum Gasteiger partial charge on any atom is 0.193 e. The normalized spacial score (nSPS) is 11.0. The van der Waals surface area contributed by atoms with Gasteiger partial charge in [0.2, 0.25) is 0 Å². The molecule has 0 saturated carbocycles. The number of hydrogen-bond donors (Lipinski definition) is 0. The molecule has 28 heavy (non-hydrogen) atoms. The van der Waals surface area contributed by atoms with E-state index >= 15 is 0 Å². The molecule has 4 aromatic rings. The summed E-state index contributed by atoms with van der Waals surface area (Å²) in [4.78, 5) is 24.5. The van der Waals surface area contributed by atoms with E-state index in [1.54, 1.807) is 22.7 Å². The van der Waals surface area contributed by atoms with Gasteiger partial charge >= 0.3 is 0 Å². The molecule has 0 atom stereocenters. The summed E-state index contributed by atoms with van der Waals surface area (Å²) < 4.78 is 0. The van der Waals surface area contributed by atoms with E-state index in [-0.39, 0.29) is 5.78 Å². The first-order chi connectivity index (χ1) is 13.4. The van der Waals surface area contributed by atoms with E-state index in [9.17, 15) is 4.79 Å². The highest BCUT2D eigenvalue weighted by molar-refractivity contribution is 7.15. The van der Waals surface area contributed by atoms with E-state index < -0.39 is 0 Å². The van der Waals surface area contributed by atoms with Gasteiger partial charge in [-0.1, -0.05) is 48.5 Å². The van der Waals surface area contributed by atoms with Crippen LogP contribution < -0.4 is 0 Å². The van der Waals surface area contributed by atoms with Gasteiger partial charge in [-0.25, -0.2) is 9.97 Å². The van der Waals surface area contributed by atoms with Crippen LogP contribution in [0.5, 0.6) is 0 Å². The molecule has 4 rings (SSSR count). The number of ketones is 1. The molecular formula is C23H20N2OS2. The van der Waals surface area contributed by atoms with Crippen LogP contribution in [0.3, 0.4) is 0 Å². The van der Waals surface area contributed by atoms with Crippen LogP contribution in [0.2, 0.25) is 0 Å². The van der Waals surface area contributed by atoms with E-state index in [2.05, 4.69) is 23.8 Å². The first kappa shape index (κ1) is 18.7. The van der Waals surface area contributed by atoms with E-state index in [1.807, 2.05) is 62.4 Å². The third-order valence-electron chi connectivity index (χ3n) is 4.85. The molecule has 5 heteroatoms. The van der Waals surface area contributed by atoms with Crippen LogP contribution in [0.25, 0.3) is 21.1 Å². The largest absolute Gasteiger partial charge is 0.289 e. The van der Waals surface area contributed by atoms with Crippen LogP contribution >= 0.6 is 22.7 Å². The van der Waals surface area contributed by atoms with Crippen molar-refractivity contribution in [2.24, 2.45) is 0 Å². The van der Waals surface area contributed by atoms with Gasteiger partial charge < -0.3 is 0 Å². The number of carbonyl (C=O) groups is 1. The maximum absolute atomic E-state index is 12.8. The van der Waals surface area contributed by atoms with Crippen molar-refractivity contribution < 1.29 is 4.79 Å². The van der Waals surface area contributed by atoms with Crippen LogP contribution in [0.15, 0.2) is 48.5 Å². The Morgan fingerprint density at radius 1 is 0.643 bits per heavy atom. The zero-order valence-electron chi connectivity index (χ0n) is 16.2. The molecule has 0 bridgehead atoms. The zero-order chi connectivity index (χ0) is 19.8. The number of aromatic nitrogens is 2. The van der Waals surface area contributed by atoms with E-state index in [1.165, 1.54) is 9.75 Å². The van der Waals surface area contributed by atoms with Crippen molar-refractivity contribution in [2.45, 2.75) is 27.7 Å². The lowest BCUT2D eigenvalue weighted by molar-refractivity contribution is 0.103. The van der Waals surface area contributed by atoms with Crippen molar-refractivity contribution in [1.82, 2.24) is 9.97 Å². The van der Waals surface area contributed by atoms with Crippen LogP contribution in [0.4, 0.5) is 0 Å². The summed E-state index contributed by atoms with van der Waals surface area (Å²) in [6, 6.07) is 15.4. The van der Waals surface area contributed by atoms with Crippen molar-refractivity contribution in [3.63, 3.8) is 0 Å². The van der Waals surface area contributed by atoms with Gasteiger partial charge in [0.05, 0.1) is 11.4 Å². The third-order valence-corrected chi connectivity index (χ3v) is 7.09. The number of rotatable bonds is 4. The summed E-state index contributed by atoms with van der Waals surface area (Å²) in [6.07, 6.45) is 0. The van der Waals surface area contributed by atoms with Gasteiger partial charge in [-0.3, -0.25) is 4.79 Å². The Morgan fingerprint density at radius 2 is 1.00 bits per heavy atom. The van der Waals surface area contributed by atoms with Crippen LogP contribution in [-0.2, 0) is 0 Å². The quantitative estimate of drug-likeness (QED) is 0.370. The van der Waals surface area contributed by atoms with E-state index in [0.29, 0.717) is 11.1 Å². The number of hydrogen-bond acceptors (Lipinski definition) is 5. The summed E-state index contributed by atoms with van der Waals surface area (Å²) in [7, 11) is 0. The standard InChI is InChI=1S/C23H20N2OS2/c1-13-15(3)27-22(24-13)19-9-5-17(6-10-19)21(26)18-7-11-20(12-8-18)23-25-14(2)16(4)28-23/h5-12H,1-4H3. The minimum absolute atomic E-state index is 0.0242. The lowest BCUT2D eigenvalue weighted by Gasteiger charge is -2.04. The smallest absolute Gasteiger partial charge is 0.193 e. The number of aryl methyl sites for hydroxylation is 4. The fourth-order valence-electron chi connectivity index (χ4n) is 2.89. The molecule has 0 radical (unpaired) electrons. The number of nitrogens with zero attached hydrogens (tertiary/aromatic N) is 2. The maximum atomic E-state index is 12.8. The predicted molar refractivity (Wildman–Crippen MR) is 117 cm³/mol. The van der Waals surface area contributed by atoms with Crippen LogP contribution in [-0.4, -0.2) is 15.8 Å². The summed E-state index contributed by atoms with van der Waals surface area (Å²) in [5, 5.41) is 1.99.